The maximum atomic E-state index is 12.2. The summed E-state index contributed by atoms with van der Waals surface area (Å²) in [7, 11) is 1.31. The summed E-state index contributed by atoms with van der Waals surface area (Å²) in [5.41, 5.74) is 1.53. The molecule has 116 valence electrons. The number of ether oxygens (including phenoxy) is 1. The average molecular weight is 330 g/mol. The zero-order chi connectivity index (χ0) is 16.4. The second-order valence-electron chi connectivity index (χ2n) is 4.82. The molecular weight excluding hydrogens is 318 g/mol. The standard InChI is InChI=1S/C17H12ClNO4/c1-22-17(21)10-2-5-13(6-3-10)19-16(20)15-9-11-8-12(18)4-7-14(11)23-15/h2-9H,1H3,(H,19,20). The summed E-state index contributed by atoms with van der Waals surface area (Å²) in [6, 6.07) is 13.1. The summed E-state index contributed by atoms with van der Waals surface area (Å²) in [4.78, 5) is 23.6. The topological polar surface area (TPSA) is 68.5 Å². The van der Waals surface area contributed by atoms with E-state index in [0.717, 1.165) is 5.39 Å². The molecule has 0 saturated heterocycles. The predicted octanol–water partition coefficient (Wildman–Crippen LogP) is 4.13. The van der Waals surface area contributed by atoms with Crippen LogP contribution in [-0.2, 0) is 4.74 Å². The molecule has 1 heterocycles. The van der Waals surface area contributed by atoms with E-state index in [4.69, 9.17) is 16.0 Å². The molecule has 0 bridgehead atoms. The van der Waals surface area contributed by atoms with Gasteiger partial charge >= 0.3 is 5.97 Å². The summed E-state index contributed by atoms with van der Waals surface area (Å²) in [5, 5.41) is 4.03. The lowest BCUT2D eigenvalue weighted by Gasteiger charge is -2.04. The van der Waals surface area contributed by atoms with E-state index >= 15 is 0 Å². The fourth-order valence-corrected chi connectivity index (χ4v) is 2.31. The van der Waals surface area contributed by atoms with Gasteiger partial charge in [0.15, 0.2) is 5.76 Å². The van der Waals surface area contributed by atoms with Crippen molar-refractivity contribution in [1.82, 2.24) is 0 Å². The number of esters is 1. The average Bonchev–Trinajstić information content (AvgIpc) is 2.98. The van der Waals surface area contributed by atoms with Crippen LogP contribution in [0.4, 0.5) is 5.69 Å². The van der Waals surface area contributed by atoms with Crippen LogP contribution in [0.2, 0.25) is 5.02 Å². The van der Waals surface area contributed by atoms with E-state index in [1.54, 1.807) is 48.5 Å². The number of methoxy groups -OCH3 is 1. The van der Waals surface area contributed by atoms with Crippen molar-refractivity contribution in [2.45, 2.75) is 0 Å². The van der Waals surface area contributed by atoms with Crippen molar-refractivity contribution in [1.29, 1.82) is 0 Å². The van der Waals surface area contributed by atoms with Crippen molar-refractivity contribution in [3.05, 3.63) is 64.9 Å². The largest absolute Gasteiger partial charge is 0.465 e. The first-order valence-electron chi connectivity index (χ1n) is 6.75. The second kappa shape index (κ2) is 6.14. The number of halogens is 1. The number of benzene rings is 2. The van der Waals surface area contributed by atoms with Crippen molar-refractivity contribution in [3.8, 4) is 0 Å². The highest BCUT2D eigenvalue weighted by molar-refractivity contribution is 6.31. The van der Waals surface area contributed by atoms with Crippen LogP contribution in [0.3, 0.4) is 0 Å². The Labute approximate surface area is 136 Å². The lowest BCUT2D eigenvalue weighted by Crippen LogP contribution is -2.11. The Morgan fingerprint density at radius 1 is 1.09 bits per heavy atom. The number of hydrogen-bond donors (Lipinski definition) is 1. The lowest BCUT2D eigenvalue weighted by atomic mass is 10.2. The Balaban J connectivity index is 1.78. The van der Waals surface area contributed by atoms with Crippen LogP contribution < -0.4 is 5.32 Å². The molecule has 0 atom stereocenters. The van der Waals surface area contributed by atoms with Crippen molar-refractivity contribution in [2.24, 2.45) is 0 Å². The molecule has 2 aromatic carbocycles. The Bertz CT molecular complexity index is 883. The molecule has 0 aliphatic carbocycles. The highest BCUT2D eigenvalue weighted by atomic mass is 35.5. The zero-order valence-corrected chi connectivity index (χ0v) is 12.9. The van der Waals surface area contributed by atoms with Gasteiger partial charge in [0.05, 0.1) is 12.7 Å². The third-order valence-corrected chi connectivity index (χ3v) is 3.50. The Morgan fingerprint density at radius 2 is 1.83 bits per heavy atom. The molecule has 0 fully saturated rings. The van der Waals surface area contributed by atoms with Crippen LogP contribution in [0.25, 0.3) is 11.0 Å². The highest BCUT2D eigenvalue weighted by Crippen LogP contribution is 2.23. The molecule has 0 spiro atoms. The minimum Gasteiger partial charge on any atom is -0.465 e. The molecule has 0 radical (unpaired) electrons. The summed E-state index contributed by atoms with van der Waals surface area (Å²) < 4.78 is 10.1. The quantitative estimate of drug-likeness (QED) is 0.734. The van der Waals surface area contributed by atoms with Crippen molar-refractivity contribution >= 4 is 40.1 Å². The molecule has 1 amide bonds. The zero-order valence-electron chi connectivity index (χ0n) is 12.1. The predicted molar refractivity (Wildman–Crippen MR) is 87.0 cm³/mol. The van der Waals surface area contributed by atoms with E-state index in [2.05, 4.69) is 10.1 Å². The van der Waals surface area contributed by atoms with Gasteiger partial charge in [0.1, 0.15) is 5.58 Å². The second-order valence-corrected chi connectivity index (χ2v) is 5.25. The molecule has 1 N–H and O–H groups in total. The van der Waals surface area contributed by atoms with E-state index in [1.165, 1.54) is 7.11 Å². The smallest absolute Gasteiger partial charge is 0.337 e. The first-order valence-corrected chi connectivity index (χ1v) is 7.13. The first kappa shape index (κ1) is 15.1. The molecule has 0 saturated carbocycles. The molecule has 5 nitrogen and oxygen atoms in total. The molecule has 0 aliphatic heterocycles. The van der Waals surface area contributed by atoms with Crippen LogP contribution in [0, 0.1) is 0 Å². The van der Waals surface area contributed by atoms with Crippen LogP contribution in [0.15, 0.2) is 52.9 Å². The van der Waals surface area contributed by atoms with E-state index < -0.39 is 5.97 Å². The SMILES string of the molecule is COC(=O)c1ccc(NC(=O)c2cc3cc(Cl)ccc3o2)cc1. The third-order valence-electron chi connectivity index (χ3n) is 3.27. The number of carbonyl (C=O) groups is 2. The van der Waals surface area contributed by atoms with Gasteiger partial charge in [0.25, 0.3) is 5.91 Å². The van der Waals surface area contributed by atoms with Gasteiger partial charge in [-0.1, -0.05) is 11.6 Å². The van der Waals surface area contributed by atoms with Crippen LogP contribution in [0.1, 0.15) is 20.9 Å². The van der Waals surface area contributed by atoms with Crippen molar-refractivity contribution in [3.63, 3.8) is 0 Å². The number of anilines is 1. The fourth-order valence-electron chi connectivity index (χ4n) is 2.13. The molecule has 6 heteroatoms. The van der Waals surface area contributed by atoms with Crippen LogP contribution >= 0.6 is 11.6 Å². The number of carbonyl (C=O) groups excluding carboxylic acids is 2. The minimum absolute atomic E-state index is 0.180. The summed E-state index contributed by atoms with van der Waals surface area (Å²) >= 11 is 5.91. The van der Waals surface area contributed by atoms with Gasteiger partial charge < -0.3 is 14.5 Å². The molecule has 0 unspecified atom stereocenters. The molecule has 23 heavy (non-hydrogen) atoms. The van der Waals surface area contributed by atoms with E-state index in [-0.39, 0.29) is 11.7 Å². The normalized spacial score (nSPS) is 10.5. The Morgan fingerprint density at radius 3 is 2.52 bits per heavy atom. The minimum atomic E-state index is -0.433. The third kappa shape index (κ3) is 3.19. The van der Waals surface area contributed by atoms with Gasteiger partial charge in [-0.25, -0.2) is 4.79 Å². The number of rotatable bonds is 3. The Hall–Kier alpha value is -2.79. The maximum Gasteiger partial charge on any atom is 0.337 e. The number of hydrogen-bond acceptors (Lipinski definition) is 4. The van der Waals surface area contributed by atoms with Crippen molar-refractivity contribution < 1.29 is 18.7 Å². The van der Waals surface area contributed by atoms with Gasteiger partial charge in [0.2, 0.25) is 0 Å². The van der Waals surface area contributed by atoms with Crippen molar-refractivity contribution in [2.75, 3.05) is 12.4 Å². The number of amides is 1. The van der Waals surface area contributed by atoms with E-state index in [0.29, 0.717) is 21.9 Å². The van der Waals surface area contributed by atoms with Crippen LogP contribution in [0.5, 0.6) is 0 Å². The molecule has 3 aromatic rings. The molecule has 1 aromatic heterocycles. The monoisotopic (exact) mass is 329 g/mol. The maximum absolute atomic E-state index is 12.2. The first-order chi connectivity index (χ1) is 11.1. The molecule has 0 aliphatic rings. The van der Waals surface area contributed by atoms with Gasteiger partial charge in [0, 0.05) is 16.1 Å². The molecule has 3 rings (SSSR count). The van der Waals surface area contributed by atoms with E-state index in [9.17, 15) is 9.59 Å². The highest BCUT2D eigenvalue weighted by Gasteiger charge is 2.13. The van der Waals surface area contributed by atoms with E-state index in [1.807, 2.05) is 0 Å². The number of furan rings is 1. The number of nitrogens with one attached hydrogen (secondary N) is 1. The Kier molecular flexibility index (Phi) is 4.04. The van der Waals surface area contributed by atoms with Gasteiger partial charge in [-0.2, -0.15) is 0 Å². The summed E-state index contributed by atoms with van der Waals surface area (Å²) in [6.45, 7) is 0. The fraction of sp³-hybridized carbons (Fsp3) is 0.0588. The lowest BCUT2D eigenvalue weighted by molar-refractivity contribution is 0.0600. The van der Waals surface area contributed by atoms with Crippen LogP contribution in [-0.4, -0.2) is 19.0 Å². The van der Waals surface area contributed by atoms with Gasteiger partial charge in [-0.15, -0.1) is 0 Å². The van der Waals surface area contributed by atoms with Gasteiger partial charge in [-0.3, -0.25) is 4.79 Å². The summed E-state index contributed by atoms with van der Waals surface area (Å²) in [6.07, 6.45) is 0. The summed E-state index contributed by atoms with van der Waals surface area (Å²) in [5.74, 6) is -0.639. The number of fused-ring (bicyclic) bond motifs is 1. The molecular formula is C17H12ClNO4. The van der Waals surface area contributed by atoms with Gasteiger partial charge in [-0.05, 0) is 48.5 Å².